The lowest BCUT2D eigenvalue weighted by Crippen LogP contribution is -2.21. The van der Waals surface area contributed by atoms with Crippen LogP contribution in [0.2, 0.25) is 0 Å². The summed E-state index contributed by atoms with van der Waals surface area (Å²) in [6.07, 6.45) is 3.76. The Balaban J connectivity index is 1.97. The number of benzene rings is 1. The minimum atomic E-state index is -0.201. The molecule has 0 saturated carbocycles. The fourth-order valence-electron chi connectivity index (χ4n) is 1.91. The van der Waals surface area contributed by atoms with E-state index in [4.69, 9.17) is 0 Å². The lowest BCUT2D eigenvalue weighted by Gasteiger charge is -2.10. The van der Waals surface area contributed by atoms with E-state index in [2.05, 4.69) is 28.7 Å². The summed E-state index contributed by atoms with van der Waals surface area (Å²) in [5, 5.41) is 3.38. The zero-order valence-electron chi connectivity index (χ0n) is 11.4. The standard InChI is InChI=1S/C15H20FN3/c1-12(2)9-17-10-15-18-7-8-19(15)11-13-3-5-14(16)6-4-13/h3-8,12,17H,9-11H2,1-2H3. The fraction of sp³-hybridized carbons (Fsp3) is 0.400. The third-order valence-electron chi connectivity index (χ3n) is 2.90. The highest BCUT2D eigenvalue weighted by Crippen LogP contribution is 2.07. The molecular weight excluding hydrogens is 241 g/mol. The summed E-state index contributed by atoms with van der Waals surface area (Å²) in [4.78, 5) is 4.35. The minimum absolute atomic E-state index is 0.201. The third kappa shape index (κ3) is 4.17. The molecule has 0 saturated heterocycles. The summed E-state index contributed by atoms with van der Waals surface area (Å²) in [5.74, 6) is 1.43. The van der Waals surface area contributed by atoms with E-state index in [0.717, 1.165) is 31.0 Å². The van der Waals surface area contributed by atoms with Crippen LogP contribution in [0, 0.1) is 11.7 Å². The second-order valence-corrected chi connectivity index (χ2v) is 5.12. The van der Waals surface area contributed by atoms with E-state index in [9.17, 15) is 4.39 Å². The predicted molar refractivity (Wildman–Crippen MR) is 74.3 cm³/mol. The molecule has 0 amide bonds. The van der Waals surface area contributed by atoms with Gasteiger partial charge in [0.2, 0.25) is 0 Å². The number of hydrogen-bond acceptors (Lipinski definition) is 2. The normalized spacial score (nSPS) is 11.2. The molecule has 0 bridgehead atoms. The van der Waals surface area contributed by atoms with E-state index in [1.165, 1.54) is 12.1 Å². The second-order valence-electron chi connectivity index (χ2n) is 5.12. The number of hydrogen-bond donors (Lipinski definition) is 1. The van der Waals surface area contributed by atoms with E-state index in [1.807, 2.05) is 6.20 Å². The van der Waals surface area contributed by atoms with E-state index < -0.39 is 0 Å². The van der Waals surface area contributed by atoms with Gasteiger partial charge in [-0.3, -0.25) is 0 Å². The van der Waals surface area contributed by atoms with Gasteiger partial charge in [0.1, 0.15) is 11.6 Å². The van der Waals surface area contributed by atoms with Crippen LogP contribution >= 0.6 is 0 Å². The van der Waals surface area contributed by atoms with Crippen molar-refractivity contribution < 1.29 is 4.39 Å². The smallest absolute Gasteiger partial charge is 0.123 e. The quantitative estimate of drug-likeness (QED) is 0.866. The van der Waals surface area contributed by atoms with Crippen molar-refractivity contribution in [3.8, 4) is 0 Å². The van der Waals surface area contributed by atoms with Crippen LogP contribution in [0.1, 0.15) is 25.2 Å². The molecule has 0 fully saturated rings. The molecule has 0 atom stereocenters. The molecule has 0 aliphatic rings. The summed E-state index contributed by atoms with van der Waals surface area (Å²) in [7, 11) is 0. The number of rotatable bonds is 6. The number of halogens is 1. The lowest BCUT2D eigenvalue weighted by atomic mass is 10.2. The van der Waals surface area contributed by atoms with Gasteiger partial charge in [-0.25, -0.2) is 9.37 Å². The van der Waals surface area contributed by atoms with Crippen LogP contribution in [0.15, 0.2) is 36.7 Å². The molecule has 4 heteroatoms. The van der Waals surface area contributed by atoms with E-state index >= 15 is 0 Å². The van der Waals surface area contributed by atoms with Crippen molar-refractivity contribution in [2.24, 2.45) is 5.92 Å². The molecule has 0 aliphatic carbocycles. The van der Waals surface area contributed by atoms with Gasteiger partial charge in [-0.05, 0) is 30.2 Å². The summed E-state index contributed by atoms with van der Waals surface area (Å²) < 4.78 is 14.9. The number of imidazole rings is 1. The van der Waals surface area contributed by atoms with Gasteiger partial charge >= 0.3 is 0 Å². The van der Waals surface area contributed by atoms with Crippen LogP contribution in [-0.2, 0) is 13.1 Å². The van der Waals surface area contributed by atoms with E-state index in [-0.39, 0.29) is 5.82 Å². The monoisotopic (exact) mass is 261 g/mol. The first kappa shape index (κ1) is 13.7. The van der Waals surface area contributed by atoms with Gasteiger partial charge in [-0.15, -0.1) is 0 Å². The highest BCUT2D eigenvalue weighted by Gasteiger charge is 2.04. The molecule has 2 rings (SSSR count). The molecule has 102 valence electrons. The van der Waals surface area contributed by atoms with Gasteiger partial charge in [-0.2, -0.15) is 0 Å². The van der Waals surface area contributed by atoms with Gasteiger partial charge < -0.3 is 9.88 Å². The molecule has 2 aromatic rings. The Morgan fingerprint density at radius 2 is 2.00 bits per heavy atom. The summed E-state index contributed by atoms with van der Waals surface area (Å²) in [5.41, 5.74) is 1.07. The molecule has 19 heavy (non-hydrogen) atoms. The van der Waals surface area contributed by atoms with Crippen molar-refractivity contribution >= 4 is 0 Å². The Morgan fingerprint density at radius 1 is 1.26 bits per heavy atom. The molecule has 0 radical (unpaired) electrons. The van der Waals surface area contributed by atoms with Crippen LogP contribution in [0.3, 0.4) is 0 Å². The highest BCUT2D eigenvalue weighted by molar-refractivity contribution is 5.17. The lowest BCUT2D eigenvalue weighted by molar-refractivity contribution is 0.533. The fourth-order valence-corrected chi connectivity index (χ4v) is 1.91. The zero-order chi connectivity index (χ0) is 13.7. The van der Waals surface area contributed by atoms with Crippen molar-refractivity contribution in [2.45, 2.75) is 26.9 Å². The van der Waals surface area contributed by atoms with Gasteiger partial charge in [0.05, 0.1) is 6.54 Å². The third-order valence-corrected chi connectivity index (χ3v) is 2.90. The number of nitrogens with one attached hydrogen (secondary N) is 1. The molecule has 0 spiro atoms. The molecular formula is C15H20FN3. The zero-order valence-corrected chi connectivity index (χ0v) is 11.4. The first-order chi connectivity index (χ1) is 9.15. The predicted octanol–water partition coefficient (Wildman–Crippen LogP) is 2.82. The Kier molecular flexibility index (Phi) is 4.68. The average molecular weight is 261 g/mol. The van der Waals surface area contributed by atoms with Gasteiger partial charge in [0, 0.05) is 18.9 Å². The van der Waals surface area contributed by atoms with Crippen molar-refractivity contribution in [3.63, 3.8) is 0 Å². The van der Waals surface area contributed by atoms with Crippen molar-refractivity contribution in [3.05, 3.63) is 53.9 Å². The molecule has 0 aliphatic heterocycles. The first-order valence-corrected chi connectivity index (χ1v) is 6.60. The van der Waals surface area contributed by atoms with Gasteiger partial charge in [-0.1, -0.05) is 26.0 Å². The van der Waals surface area contributed by atoms with Crippen LogP contribution in [0.5, 0.6) is 0 Å². The summed E-state index contributed by atoms with van der Waals surface area (Å²) in [6.45, 7) is 6.81. The molecule has 1 N–H and O–H groups in total. The largest absolute Gasteiger partial charge is 0.329 e. The number of nitrogens with zero attached hydrogens (tertiary/aromatic N) is 2. The SMILES string of the molecule is CC(C)CNCc1nccn1Cc1ccc(F)cc1. The number of aromatic nitrogens is 2. The molecule has 1 aromatic heterocycles. The molecule has 1 heterocycles. The van der Waals surface area contributed by atoms with Crippen molar-refractivity contribution in [2.75, 3.05) is 6.54 Å². The van der Waals surface area contributed by atoms with Crippen LogP contribution in [0.25, 0.3) is 0 Å². The average Bonchev–Trinajstić information content (AvgIpc) is 2.79. The van der Waals surface area contributed by atoms with Crippen LogP contribution in [0.4, 0.5) is 4.39 Å². The second kappa shape index (κ2) is 6.48. The van der Waals surface area contributed by atoms with Gasteiger partial charge in [0.25, 0.3) is 0 Å². The Morgan fingerprint density at radius 3 is 2.68 bits per heavy atom. The van der Waals surface area contributed by atoms with Gasteiger partial charge in [0.15, 0.2) is 0 Å². The maximum absolute atomic E-state index is 12.9. The summed E-state index contributed by atoms with van der Waals surface area (Å²) in [6, 6.07) is 6.59. The topological polar surface area (TPSA) is 29.9 Å². The van der Waals surface area contributed by atoms with E-state index in [1.54, 1.807) is 18.3 Å². The Labute approximate surface area is 113 Å². The molecule has 0 unspecified atom stereocenters. The molecule has 1 aromatic carbocycles. The summed E-state index contributed by atoms with van der Waals surface area (Å²) >= 11 is 0. The first-order valence-electron chi connectivity index (χ1n) is 6.60. The van der Waals surface area contributed by atoms with Crippen LogP contribution < -0.4 is 5.32 Å². The van der Waals surface area contributed by atoms with Crippen molar-refractivity contribution in [1.29, 1.82) is 0 Å². The maximum atomic E-state index is 12.9. The molecule has 3 nitrogen and oxygen atoms in total. The van der Waals surface area contributed by atoms with E-state index in [0.29, 0.717) is 5.92 Å². The Bertz CT molecular complexity index is 502. The minimum Gasteiger partial charge on any atom is -0.329 e. The Hall–Kier alpha value is -1.68. The van der Waals surface area contributed by atoms with Crippen molar-refractivity contribution in [1.82, 2.24) is 14.9 Å². The highest BCUT2D eigenvalue weighted by atomic mass is 19.1. The maximum Gasteiger partial charge on any atom is 0.123 e. The van der Waals surface area contributed by atoms with Crippen LogP contribution in [-0.4, -0.2) is 16.1 Å².